The Hall–Kier alpha value is -4.30. The molecule has 1 fully saturated rings. The summed E-state index contributed by atoms with van der Waals surface area (Å²) in [7, 11) is 0. The van der Waals surface area contributed by atoms with Crippen LogP contribution in [0.4, 0.5) is 11.4 Å². The fourth-order valence-corrected chi connectivity index (χ4v) is 5.80. The number of pyridine rings is 1. The van der Waals surface area contributed by atoms with Crippen molar-refractivity contribution in [3.63, 3.8) is 0 Å². The van der Waals surface area contributed by atoms with Crippen molar-refractivity contribution in [1.29, 1.82) is 0 Å². The summed E-state index contributed by atoms with van der Waals surface area (Å²) in [5.41, 5.74) is 4.57. The molecule has 1 spiro atoms. The van der Waals surface area contributed by atoms with Crippen LogP contribution >= 0.6 is 0 Å². The molecule has 0 saturated carbocycles. The topological polar surface area (TPSA) is 91.6 Å². The van der Waals surface area contributed by atoms with Crippen molar-refractivity contribution in [2.24, 2.45) is 0 Å². The molecule has 1 amide bonds. The van der Waals surface area contributed by atoms with Crippen molar-refractivity contribution in [3.05, 3.63) is 96.8 Å². The summed E-state index contributed by atoms with van der Waals surface area (Å²) in [5, 5.41) is 9.03. The molecule has 2 aliphatic heterocycles. The third-order valence-electron chi connectivity index (χ3n) is 7.86. The van der Waals surface area contributed by atoms with Crippen LogP contribution < -0.4 is 4.90 Å². The van der Waals surface area contributed by atoms with Gasteiger partial charge in [0, 0.05) is 37.0 Å². The Balaban J connectivity index is 1.21. The molecule has 0 aliphatic carbocycles. The molecule has 2 aromatic carbocycles. The number of nitrogens with zero attached hydrogens (tertiary/aromatic N) is 5. The highest BCUT2D eigenvalue weighted by molar-refractivity contribution is 6.13. The molecule has 0 unspecified atom stereocenters. The highest BCUT2D eigenvalue weighted by Crippen LogP contribution is 2.50. The van der Waals surface area contributed by atoms with Crippen molar-refractivity contribution in [2.45, 2.75) is 37.8 Å². The number of rotatable bonds is 7. The van der Waals surface area contributed by atoms with Crippen molar-refractivity contribution in [2.75, 3.05) is 18.0 Å². The zero-order valence-electron chi connectivity index (χ0n) is 21.0. The maximum absolute atomic E-state index is 14.1. The first-order valence-electron chi connectivity index (χ1n) is 12.9. The van der Waals surface area contributed by atoms with E-state index < -0.39 is 11.4 Å². The molecule has 0 radical (unpaired) electrons. The average molecular weight is 508 g/mol. The fourth-order valence-electron chi connectivity index (χ4n) is 5.80. The van der Waals surface area contributed by atoms with Gasteiger partial charge >= 0.3 is 5.97 Å². The van der Waals surface area contributed by atoms with E-state index >= 15 is 0 Å². The quantitative estimate of drug-likeness (QED) is 0.392. The standard InChI is InChI=1S/C30H29N5O3/c36-28(37)11-17-34-20-16-32-27(34)21-33-18-12-30(13-19-33)25-3-1-2-4-26(25)35(29(30)38)24-7-5-22(6-8-24)23-9-14-31-15-10-23/h1-10,14-16,20H,11-13,17-19,21H2,(H,36,37). The largest absolute Gasteiger partial charge is 0.481 e. The van der Waals surface area contributed by atoms with Gasteiger partial charge in [-0.2, -0.15) is 0 Å². The zero-order valence-corrected chi connectivity index (χ0v) is 21.0. The summed E-state index contributed by atoms with van der Waals surface area (Å²) in [5.74, 6) is 0.175. The van der Waals surface area contributed by atoms with E-state index in [0.29, 0.717) is 13.1 Å². The summed E-state index contributed by atoms with van der Waals surface area (Å²) >= 11 is 0. The highest BCUT2D eigenvalue weighted by Gasteiger charge is 2.52. The van der Waals surface area contributed by atoms with Crippen LogP contribution in [-0.4, -0.2) is 49.5 Å². The summed E-state index contributed by atoms with van der Waals surface area (Å²) in [6, 6.07) is 20.3. The number of benzene rings is 2. The SMILES string of the molecule is O=C(O)CCn1ccnc1CN1CCC2(CC1)C(=O)N(c1ccc(-c3ccncc3)cc1)c1ccccc12. The number of likely N-dealkylation sites (tertiary alicyclic amines) is 1. The molecule has 0 bridgehead atoms. The van der Waals surface area contributed by atoms with E-state index in [1.165, 1.54) is 0 Å². The minimum Gasteiger partial charge on any atom is -0.481 e. The van der Waals surface area contributed by atoms with Gasteiger partial charge in [-0.05, 0) is 73.0 Å². The second-order valence-electron chi connectivity index (χ2n) is 9.98. The van der Waals surface area contributed by atoms with Crippen LogP contribution in [0, 0.1) is 0 Å². The summed E-state index contributed by atoms with van der Waals surface area (Å²) in [4.78, 5) is 37.9. The lowest BCUT2D eigenvalue weighted by Gasteiger charge is -2.38. The van der Waals surface area contributed by atoms with E-state index in [9.17, 15) is 9.59 Å². The molecule has 4 heterocycles. The molecule has 38 heavy (non-hydrogen) atoms. The Bertz CT molecular complexity index is 1460. The Morgan fingerprint density at radius 1 is 0.921 bits per heavy atom. The van der Waals surface area contributed by atoms with Crippen molar-refractivity contribution in [1.82, 2.24) is 19.4 Å². The fraction of sp³-hybridized carbons (Fsp3) is 0.267. The average Bonchev–Trinajstić information content (AvgIpc) is 3.49. The molecule has 8 nitrogen and oxygen atoms in total. The smallest absolute Gasteiger partial charge is 0.305 e. The van der Waals surface area contributed by atoms with Crippen LogP contribution in [0.5, 0.6) is 0 Å². The number of piperidine rings is 1. The van der Waals surface area contributed by atoms with E-state index in [1.54, 1.807) is 18.6 Å². The molecule has 6 rings (SSSR count). The summed E-state index contributed by atoms with van der Waals surface area (Å²) in [6.07, 6.45) is 8.63. The third kappa shape index (κ3) is 4.26. The van der Waals surface area contributed by atoms with E-state index in [1.807, 2.05) is 58.1 Å². The molecular formula is C30H29N5O3. The molecule has 8 heteroatoms. The Morgan fingerprint density at radius 2 is 1.63 bits per heavy atom. The van der Waals surface area contributed by atoms with Gasteiger partial charge in [-0.25, -0.2) is 4.98 Å². The Labute approximate surface area is 221 Å². The van der Waals surface area contributed by atoms with Gasteiger partial charge in [0.05, 0.1) is 24.1 Å². The van der Waals surface area contributed by atoms with Gasteiger partial charge in [-0.15, -0.1) is 0 Å². The second-order valence-corrected chi connectivity index (χ2v) is 9.98. The number of carbonyl (C=O) groups excluding carboxylic acids is 1. The van der Waals surface area contributed by atoms with Crippen LogP contribution in [0.25, 0.3) is 11.1 Å². The lowest BCUT2D eigenvalue weighted by atomic mass is 9.73. The van der Waals surface area contributed by atoms with Crippen LogP contribution in [0.2, 0.25) is 0 Å². The Morgan fingerprint density at radius 3 is 2.37 bits per heavy atom. The van der Waals surface area contributed by atoms with E-state index in [-0.39, 0.29) is 12.3 Å². The number of hydrogen-bond acceptors (Lipinski definition) is 5. The van der Waals surface area contributed by atoms with Gasteiger partial charge in [0.2, 0.25) is 5.91 Å². The van der Waals surface area contributed by atoms with Gasteiger partial charge < -0.3 is 9.67 Å². The number of hydrogen-bond donors (Lipinski definition) is 1. The predicted octanol–water partition coefficient (Wildman–Crippen LogP) is 4.63. The van der Waals surface area contributed by atoms with Gasteiger partial charge in [0.25, 0.3) is 0 Å². The summed E-state index contributed by atoms with van der Waals surface area (Å²) < 4.78 is 1.91. The monoisotopic (exact) mass is 507 g/mol. The van der Waals surface area contributed by atoms with E-state index in [2.05, 4.69) is 33.1 Å². The first kappa shape index (κ1) is 24.1. The number of aliphatic carboxylic acids is 1. The van der Waals surface area contributed by atoms with E-state index in [4.69, 9.17) is 5.11 Å². The molecule has 192 valence electrons. The van der Waals surface area contributed by atoms with Crippen LogP contribution in [0.3, 0.4) is 0 Å². The minimum atomic E-state index is -0.820. The van der Waals surface area contributed by atoms with Crippen LogP contribution in [0.15, 0.2) is 85.5 Å². The predicted molar refractivity (Wildman–Crippen MR) is 144 cm³/mol. The number of fused-ring (bicyclic) bond motifs is 2. The van der Waals surface area contributed by atoms with Gasteiger partial charge in [-0.3, -0.25) is 24.4 Å². The number of carboxylic acid groups (broad SMARTS) is 1. The first-order chi connectivity index (χ1) is 18.5. The van der Waals surface area contributed by atoms with Crippen molar-refractivity contribution < 1.29 is 14.7 Å². The van der Waals surface area contributed by atoms with Crippen LogP contribution in [-0.2, 0) is 28.1 Å². The van der Waals surface area contributed by atoms with Gasteiger partial charge in [0.15, 0.2) is 0 Å². The summed E-state index contributed by atoms with van der Waals surface area (Å²) in [6.45, 7) is 2.57. The Kier molecular flexibility index (Phi) is 6.25. The highest BCUT2D eigenvalue weighted by atomic mass is 16.4. The number of para-hydroxylation sites is 1. The number of carbonyl (C=O) groups is 2. The molecule has 1 N–H and O–H groups in total. The first-order valence-corrected chi connectivity index (χ1v) is 12.9. The molecule has 0 atom stereocenters. The molecular weight excluding hydrogens is 478 g/mol. The van der Waals surface area contributed by atoms with E-state index in [0.717, 1.165) is 59.8 Å². The third-order valence-corrected chi connectivity index (χ3v) is 7.86. The molecule has 4 aromatic rings. The van der Waals surface area contributed by atoms with Gasteiger partial charge in [-0.1, -0.05) is 30.3 Å². The van der Waals surface area contributed by atoms with Crippen molar-refractivity contribution >= 4 is 23.3 Å². The maximum atomic E-state index is 14.1. The number of aryl methyl sites for hydroxylation is 1. The zero-order chi connectivity index (χ0) is 26.1. The number of imidazole rings is 1. The number of carboxylic acids is 1. The van der Waals surface area contributed by atoms with Gasteiger partial charge in [0.1, 0.15) is 5.82 Å². The normalized spacial score (nSPS) is 16.6. The molecule has 2 aromatic heterocycles. The number of aromatic nitrogens is 3. The van der Waals surface area contributed by atoms with Crippen LogP contribution in [0.1, 0.15) is 30.7 Å². The number of anilines is 2. The van der Waals surface area contributed by atoms with Crippen molar-refractivity contribution in [3.8, 4) is 11.1 Å². The number of amides is 1. The molecule has 2 aliphatic rings. The molecule has 1 saturated heterocycles. The lowest BCUT2D eigenvalue weighted by Crippen LogP contribution is -2.47. The second kappa shape index (κ2) is 9.87. The lowest BCUT2D eigenvalue weighted by molar-refractivity contribution is -0.137. The minimum absolute atomic E-state index is 0.0666. The maximum Gasteiger partial charge on any atom is 0.305 e.